The van der Waals surface area contributed by atoms with Gasteiger partial charge in [0.15, 0.2) is 0 Å². The molecule has 1 heterocycles. The summed E-state index contributed by atoms with van der Waals surface area (Å²) >= 11 is 0. The molecule has 3 heteroatoms. The Bertz CT molecular complexity index is 170. The third-order valence-corrected chi connectivity index (χ3v) is 3.30. The van der Waals surface area contributed by atoms with E-state index in [9.17, 15) is 0 Å². The second-order valence-corrected chi connectivity index (χ2v) is 4.05. The van der Waals surface area contributed by atoms with Crippen molar-refractivity contribution < 1.29 is 4.74 Å². The zero-order valence-corrected chi connectivity index (χ0v) is 7.68. The summed E-state index contributed by atoms with van der Waals surface area (Å²) in [5.41, 5.74) is 6.40. The van der Waals surface area contributed by atoms with Crippen LogP contribution in [0.25, 0.3) is 0 Å². The van der Waals surface area contributed by atoms with E-state index in [4.69, 9.17) is 10.5 Å². The van der Waals surface area contributed by atoms with E-state index in [2.05, 4.69) is 5.32 Å². The summed E-state index contributed by atoms with van der Waals surface area (Å²) in [4.78, 5) is 0. The highest BCUT2D eigenvalue weighted by atomic mass is 16.5. The molecule has 2 aliphatic rings. The maximum Gasteiger partial charge on any atom is 0.0637 e. The van der Waals surface area contributed by atoms with E-state index in [1.54, 1.807) is 0 Å². The van der Waals surface area contributed by atoms with Crippen molar-refractivity contribution in [3.05, 3.63) is 0 Å². The van der Waals surface area contributed by atoms with Crippen molar-refractivity contribution in [2.45, 2.75) is 30.8 Å². The molecule has 0 amide bonds. The van der Waals surface area contributed by atoms with E-state index in [-0.39, 0.29) is 5.54 Å². The van der Waals surface area contributed by atoms with E-state index >= 15 is 0 Å². The van der Waals surface area contributed by atoms with Crippen LogP contribution in [0.3, 0.4) is 0 Å². The fraction of sp³-hybridized carbons (Fsp3) is 1.00. The van der Waals surface area contributed by atoms with Crippen LogP contribution in [0.2, 0.25) is 0 Å². The molecule has 2 atom stereocenters. The van der Waals surface area contributed by atoms with Crippen LogP contribution in [-0.2, 0) is 4.74 Å². The van der Waals surface area contributed by atoms with E-state index < -0.39 is 0 Å². The monoisotopic (exact) mass is 170 g/mol. The number of hydrogen-bond acceptors (Lipinski definition) is 3. The number of hydrogen-bond donors (Lipinski definition) is 2. The van der Waals surface area contributed by atoms with Crippen LogP contribution in [0.1, 0.15) is 19.3 Å². The molecule has 3 N–H and O–H groups in total. The van der Waals surface area contributed by atoms with Crippen LogP contribution in [0, 0.1) is 5.92 Å². The Hall–Kier alpha value is -0.120. The lowest BCUT2D eigenvalue weighted by Gasteiger charge is -2.41. The van der Waals surface area contributed by atoms with Crippen LogP contribution >= 0.6 is 0 Å². The van der Waals surface area contributed by atoms with Gasteiger partial charge in [0.1, 0.15) is 0 Å². The van der Waals surface area contributed by atoms with Crippen LogP contribution in [0.4, 0.5) is 0 Å². The maximum atomic E-state index is 6.38. The van der Waals surface area contributed by atoms with Crippen LogP contribution in [-0.4, -0.2) is 31.8 Å². The van der Waals surface area contributed by atoms with E-state index in [1.165, 1.54) is 12.8 Å². The number of rotatable bonds is 2. The Kier molecular flexibility index (Phi) is 2.10. The van der Waals surface area contributed by atoms with Crippen molar-refractivity contribution in [1.82, 2.24) is 5.32 Å². The lowest BCUT2D eigenvalue weighted by molar-refractivity contribution is 0.0164. The number of nitrogens with two attached hydrogens (primary N) is 1. The second kappa shape index (κ2) is 2.98. The molecular weight excluding hydrogens is 152 g/mol. The summed E-state index contributed by atoms with van der Waals surface area (Å²) in [6.45, 7) is 1.62. The lowest BCUT2D eigenvalue weighted by atomic mass is 9.82. The van der Waals surface area contributed by atoms with Crippen molar-refractivity contribution in [1.29, 1.82) is 0 Å². The molecule has 1 saturated carbocycles. The summed E-state index contributed by atoms with van der Waals surface area (Å²) in [5.74, 6) is 0.749. The van der Waals surface area contributed by atoms with Crippen LogP contribution in [0.15, 0.2) is 0 Å². The topological polar surface area (TPSA) is 47.3 Å². The van der Waals surface area contributed by atoms with Crippen molar-refractivity contribution >= 4 is 0 Å². The zero-order chi connectivity index (χ0) is 8.60. The third kappa shape index (κ3) is 1.26. The minimum atomic E-state index is 0.0208. The van der Waals surface area contributed by atoms with Gasteiger partial charge in [-0.15, -0.1) is 0 Å². The van der Waals surface area contributed by atoms with Crippen molar-refractivity contribution in [2.75, 3.05) is 20.3 Å². The molecule has 1 saturated heterocycles. The molecular formula is C9H18N2O. The van der Waals surface area contributed by atoms with Gasteiger partial charge in [0.25, 0.3) is 0 Å². The first kappa shape index (κ1) is 8.48. The molecule has 3 nitrogen and oxygen atoms in total. The first-order valence-electron chi connectivity index (χ1n) is 4.81. The molecule has 70 valence electrons. The van der Waals surface area contributed by atoms with Gasteiger partial charge in [-0.2, -0.15) is 0 Å². The van der Waals surface area contributed by atoms with Gasteiger partial charge in [-0.05, 0) is 32.2 Å². The summed E-state index contributed by atoms with van der Waals surface area (Å²) in [6.07, 6.45) is 3.65. The van der Waals surface area contributed by atoms with Gasteiger partial charge in [-0.25, -0.2) is 0 Å². The second-order valence-electron chi connectivity index (χ2n) is 4.05. The molecule has 0 bridgehead atoms. The molecule has 12 heavy (non-hydrogen) atoms. The van der Waals surface area contributed by atoms with E-state index in [0.29, 0.717) is 6.04 Å². The molecule has 2 rings (SSSR count). The Morgan fingerprint density at radius 2 is 2.25 bits per heavy atom. The van der Waals surface area contributed by atoms with Crippen molar-refractivity contribution in [2.24, 2.45) is 11.7 Å². The standard InChI is InChI=1S/C9H18N2O/c1-11-8-6-12-5-4-9(8,10)7-2-3-7/h7-8,11H,2-6,10H2,1H3. The Balaban J connectivity index is 2.07. The zero-order valence-electron chi connectivity index (χ0n) is 7.68. The van der Waals surface area contributed by atoms with E-state index in [0.717, 1.165) is 25.6 Å². The maximum absolute atomic E-state index is 6.38. The quantitative estimate of drug-likeness (QED) is 0.618. The van der Waals surface area contributed by atoms with E-state index in [1.807, 2.05) is 7.05 Å². The number of likely N-dealkylation sites (N-methyl/N-ethyl adjacent to an activating group) is 1. The smallest absolute Gasteiger partial charge is 0.0637 e. The highest BCUT2D eigenvalue weighted by Gasteiger charge is 2.48. The third-order valence-electron chi connectivity index (χ3n) is 3.30. The van der Waals surface area contributed by atoms with Gasteiger partial charge in [0.05, 0.1) is 6.61 Å². The lowest BCUT2D eigenvalue weighted by Crippen LogP contribution is -2.62. The van der Waals surface area contributed by atoms with Gasteiger partial charge in [-0.3, -0.25) is 0 Å². The number of ether oxygens (including phenoxy) is 1. The molecule has 0 aromatic carbocycles. The largest absolute Gasteiger partial charge is 0.380 e. The Labute approximate surface area is 73.7 Å². The minimum Gasteiger partial charge on any atom is -0.380 e. The average Bonchev–Trinajstić information content (AvgIpc) is 2.87. The summed E-state index contributed by atoms with van der Waals surface area (Å²) in [7, 11) is 1.98. The molecule has 0 radical (unpaired) electrons. The normalized spacial score (nSPS) is 43.0. The minimum absolute atomic E-state index is 0.0208. The molecule has 2 fully saturated rings. The predicted octanol–water partition coefficient (Wildman–Crippen LogP) is 0.102. The van der Waals surface area contributed by atoms with Crippen molar-refractivity contribution in [3.63, 3.8) is 0 Å². The molecule has 1 aliphatic heterocycles. The molecule has 2 unspecified atom stereocenters. The van der Waals surface area contributed by atoms with Gasteiger partial charge >= 0.3 is 0 Å². The average molecular weight is 170 g/mol. The first-order valence-corrected chi connectivity index (χ1v) is 4.81. The van der Waals surface area contributed by atoms with Gasteiger partial charge in [0, 0.05) is 18.2 Å². The molecule has 1 aliphatic carbocycles. The molecule has 0 spiro atoms. The fourth-order valence-corrected chi connectivity index (χ4v) is 2.24. The fourth-order valence-electron chi connectivity index (χ4n) is 2.24. The molecule has 0 aromatic rings. The van der Waals surface area contributed by atoms with Gasteiger partial charge < -0.3 is 15.8 Å². The van der Waals surface area contributed by atoms with Gasteiger partial charge in [-0.1, -0.05) is 0 Å². The van der Waals surface area contributed by atoms with Crippen LogP contribution < -0.4 is 11.1 Å². The summed E-state index contributed by atoms with van der Waals surface area (Å²) in [6, 6.07) is 0.360. The SMILES string of the molecule is CNC1COCCC1(N)C1CC1. The number of nitrogens with one attached hydrogen (secondary N) is 1. The predicted molar refractivity (Wildman–Crippen MR) is 47.9 cm³/mol. The Morgan fingerprint density at radius 1 is 1.50 bits per heavy atom. The Morgan fingerprint density at radius 3 is 2.83 bits per heavy atom. The van der Waals surface area contributed by atoms with Crippen molar-refractivity contribution in [3.8, 4) is 0 Å². The summed E-state index contributed by atoms with van der Waals surface area (Å²) < 4.78 is 5.40. The van der Waals surface area contributed by atoms with Gasteiger partial charge in [0.2, 0.25) is 0 Å². The summed E-state index contributed by atoms with van der Waals surface area (Å²) in [5, 5.41) is 3.27. The van der Waals surface area contributed by atoms with Crippen LogP contribution in [0.5, 0.6) is 0 Å². The highest BCUT2D eigenvalue weighted by Crippen LogP contribution is 2.43. The molecule has 0 aromatic heterocycles. The highest BCUT2D eigenvalue weighted by molar-refractivity contribution is 5.07. The first-order chi connectivity index (χ1) is 5.77.